The first-order valence-electron chi connectivity index (χ1n) is 6.80. The third-order valence-corrected chi connectivity index (χ3v) is 3.68. The smallest absolute Gasteiger partial charge is 0.254 e. The van der Waals surface area contributed by atoms with Gasteiger partial charge in [0.1, 0.15) is 10.3 Å². The van der Waals surface area contributed by atoms with E-state index in [-0.39, 0.29) is 16.2 Å². The van der Waals surface area contributed by atoms with Crippen LogP contribution in [0, 0.1) is 5.92 Å². The minimum atomic E-state index is -0.0274. The van der Waals surface area contributed by atoms with Gasteiger partial charge < -0.3 is 4.90 Å². The van der Waals surface area contributed by atoms with Gasteiger partial charge in [0.25, 0.3) is 5.91 Å². The molecule has 4 nitrogen and oxygen atoms in total. The van der Waals surface area contributed by atoms with Crippen molar-refractivity contribution < 1.29 is 4.79 Å². The van der Waals surface area contributed by atoms with Crippen LogP contribution in [0.1, 0.15) is 24.2 Å². The number of carbonyl (C=O) groups is 1. The molecule has 0 aromatic carbocycles. The Morgan fingerprint density at radius 1 is 1.20 bits per heavy atom. The molecule has 0 aliphatic carbocycles. The predicted molar refractivity (Wildman–Crippen MR) is 81.4 cm³/mol. The average Bonchev–Trinajstić information content (AvgIpc) is 2.37. The highest BCUT2D eigenvalue weighted by Crippen LogP contribution is 2.17. The number of nitrogens with zero attached hydrogens (tertiary/aromatic N) is 3. The van der Waals surface area contributed by atoms with Gasteiger partial charge in [0, 0.05) is 38.3 Å². The van der Waals surface area contributed by atoms with Gasteiger partial charge >= 0.3 is 0 Å². The quantitative estimate of drug-likeness (QED) is 0.805. The highest BCUT2D eigenvalue weighted by Gasteiger charge is 2.23. The van der Waals surface area contributed by atoms with Crippen LogP contribution in [0.2, 0.25) is 10.3 Å². The summed E-state index contributed by atoms with van der Waals surface area (Å²) < 4.78 is 0. The van der Waals surface area contributed by atoms with Crippen molar-refractivity contribution in [1.82, 2.24) is 14.8 Å². The van der Waals surface area contributed by atoms with Gasteiger partial charge in [-0.3, -0.25) is 9.69 Å². The fourth-order valence-corrected chi connectivity index (χ4v) is 2.88. The maximum atomic E-state index is 12.4. The Morgan fingerprint density at radius 2 is 1.75 bits per heavy atom. The van der Waals surface area contributed by atoms with Gasteiger partial charge in [0.05, 0.1) is 0 Å². The Balaban J connectivity index is 1.98. The van der Waals surface area contributed by atoms with Gasteiger partial charge in [-0.2, -0.15) is 0 Å². The van der Waals surface area contributed by atoms with Crippen LogP contribution in [-0.4, -0.2) is 53.4 Å². The molecule has 1 aromatic rings. The predicted octanol–water partition coefficient (Wildman–Crippen LogP) is 2.80. The summed E-state index contributed by atoms with van der Waals surface area (Å²) in [5.41, 5.74) is 0.507. The lowest BCUT2D eigenvalue weighted by Crippen LogP contribution is -2.49. The fourth-order valence-electron chi connectivity index (χ4n) is 2.42. The van der Waals surface area contributed by atoms with Gasteiger partial charge in [-0.1, -0.05) is 37.0 Å². The van der Waals surface area contributed by atoms with Crippen molar-refractivity contribution in [2.45, 2.75) is 13.8 Å². The van der Waals surface area contributed by atoms with Crippen LogP contribution in [-0.2, 0) is 0 Å². The molecule has 0 bridgehead atoms. The SMILES string of the molecule is CC(C)CN1CCN(C(=O)c2cc(Cl)nc(Cl)c2)CC1. The van der Waals surface area contributed by atoms with Crippen molar-refractivity contribution in [2.24, 2.45) is 5.92 Å². The standard InChI is InChI=1S/C14H19Cl2N3O/c1-10(2)9-18-3-5-19(6-4-18)14(20)11-7-12(15)17-13(16)8-11/h7-8,10H,3-6,9H2,1-2H3. The molecule has 2 heterocycles. The molecule has 1 saturated heterocycles. The number of aromatic nitrogens is 1. The van der Waals surface area contributed by atoms with Crippen molar-refractivity contribution in [3.63, 3.8) is 0 Å². The first kappa shape index (κ1) is 15.5. The topological polar surface area (TPSA) is 36.4 Å². The number of hydrogen-bond donors (Lipinski definition) is 0. The maximum Gasteiger partial charge on any atom is 0.254 e. The van der Waals surface area contributed by atoms with E-state index in [0.717, 1.165) is 32.7 Å². The zero-order valence-electron chi connectivity index (χ0n) is 11.8. The van der Waals surface area contributed by atoms with Crippen LogP contribution >= 0.6 is 23.2 Å². The third kappa shape index (κ3) is 4.08. The Labute approximate surface area is 129 Å². The minimum absolute atomic E-state index is 0.0274. The summed E-state index contributed by atoms with van der Waals surface area (Å²) in [6.07, 6.45) is 0. The lowest BCUT2D eigenvalue weighted by atomic mass is 10.1. The third-order valence-electron chi connectivity index (χ3n) is 3.29. The van der Waals surface area contributed by atoms with E-state index < -0.39 is 0 Å². The van der Waals surface area contributed by atoms with Crippen LogP contribution in [0.4, 0.5) is 0 Å². The Morgan fingerprint density at radius 3 is 2.25 bits per heavy atom. The van der Waals surface area contributed by atoms with Crippen LogP contribution < -0.4 is 0 Å². The van der Waals surface area contributed by atoms with Crippen molar-refractivity contribution >= 4 is 29.1 Å². The van der Waals surface area contributed by atoms with E-state index in [2.05, 4.69) is 23.7 Å². The van der Waals surface area contributed by atoms with Gasteiger partial charge in [0.2, 0.25) is 0 Å². The summed E-state index contributed by atoms with van der Waals surface area (Å²) in [6.45, 7) is 8.80. The van der Waals surface area contributed by atoms with E-state index in [0.29, 0.717) is 11.5 Å². The number of amides is 1. The van der Waals surface area contributed by atoms with E-state index in [1.165, 1.54) is 0 Å². The molecule has 6 heteroatoms. The van der Waals surface area contributed by atoms with Crippen LogP contribution in [0.25, 0.3) is 0 Å². The summed E-state index contributed by atoms with van der Waals surface area (Å²) in [5, 5.41) is 0.499. The van der Waals surface area contributed by atoms with Crippen LogP contribution in [0.3, 0.4) is 0 Å². The highest BCUT2D eigenvalue weighted by atomic mass is 35.5. The molecule has 0 spiro atoms. The second kappa shape index (κ2) is 6.74. The van der Waals surface area contributed by atoms with Gasteiger partial charge in [0.15, 0.2) is 0 Å². The molecule has 110 valence electrons. The molecule has 2 rings (SSSR count). The second-order valence-corrected chi connectivity index (χ2v) is 6.26. The molecular formula is C14H19Cl2N3O. The van der Waals surface area contributed by atoms with E-state index in [1.807, 2.05) is 4.90 Å². The lowest BCUT2D eigenvalue weighted by Gasteiger charge is -2.35. The van der Waals surface area contributed by atoms with Crippen LogP contribution in [0.15, 0.2) is 12.1 Å². The van der Waals surface area contributed by atoms with Crippen molar-refractivity contribution in [3.8, 4) is 0 Å². The first-order valence-corrected chi connectivity index (χ1v) is 7.56. The van der Waals surface area contributed by atoms with Crippen molar-refractivity contribution in [3.05, 3.63) is 28.0 Å². The summed E-state index contributed by atoms with van der Waals surface area (Å²) in [6, 6.07) is 3.13. The molecule has 0 unspecified atom stereocenters. The molecule has 1 fully saturated rings. The van der Waals surface area contributed by atoms with Crippen LogP contribution in [0.5, 0.6) is 0 Å². The maximum absolute atomic E-state index is 12.4. The molecule has 1 amide bonds. The Bertz CT molecular complexity index is 465. The van der Waals surface area contributed by atoms with Crippen molar-refractivity contribution in [2.75, 3.05) is 32.7 Å². The number of pyridine rings is 1. The number of piperazine rings is 1. The van der Waals surface area contributed by atoms with Gasteiger partial charge in [-0.15, -0.1) is 0 Å². The molecule has 1 aromatic heterocycles. The molecule has 0 radical (unpaired) electrons. The number of carbonyl (C=O) groups excluding carboxylic acids is 1. The first-order chi connectivity index (χ1) is 9.45. The molecule has 20 heavy (non-hydrogen) atoms. The summed E-state index contributed by atoms with van der Waals surface area (Å²) in [5.74, 6) is 0.621. The van der Waals surface area contributed by atoms with Gasteiger partial charge in [-0.25, -0.2) is 4.98 Å². The minimum Gasteiger partial charge on any atom is -0.336 e. The van der Waals surface area contributed by atoms with E-state index in [1.54, 1.807) is 12.1 Å². The molecule has 1 aliphatic heterocycles. The summed E-state index contributed by atoms with van der Waals surface area (Å²) >= 11 is 11.7. The molecule has 0 saturated carbocycles. The Hall–Kier alpha value is -0.840. The second-order valence-electron chi connectivity index (χ2n) is 5.49. The normalized spacial score (nSPS) is 16.8. The number of hydrogen-bond acceptors (Lipinski definition) is 3. The molecule has 1 aliphatic rings. The highest BCUT2D eigenvalue weighted by molar-refractivity contribution is 6.33. The molecule has 0 N–H and O–H groups in total. The zero-order chi connectivity index (χ0) is 14.7. The lowest BCUT2D eigenvalue weighted by molar-refractivity contribution is 0.0623. The average molecular weight is 316 g/mol. The number of halogens is 2. The van der Waals surface area contributed by atoms with E-state index in [9.17, 15) is 4.79 Å². The van der Waals surface area contributed by atoms with E-state index >= 15 is 0 Å². The summed E-state index contributed by atoms with van der Waals surface area (Å²) in [4.78, 5) is 20.5. The molecule has 0 atom stereocenters. The van der Waals surface area contributed by atoms with Crippen molar-refractivity contribution in [1.29, 1.82) is 0 Å². The Kier molecular flexibility index (Phi) is 5.24. The van der Waals surface area contributed by atoms with Gasteiger partial charge in [-0.05, 0) is 18.1 Å². The van der Waals surface area contributed by atoms with E-state index in [4.69, 9.17) is 23.2 Å². The summed E-state index contributed by atoms with van der Waals surface area (Å²) in [7, 11) is 0. The molecular weight excluding hydrogens is 297 g/mol. The monoisotopic (exact) mass is 315 g/mol. The zero-order valence-corrected chi connectivity index (χ0v) is 13.3. The number of rotatable bonds is 3. The fraction of sp³-hybridized carbons (Fsp3) is 0.571. The largest absolute Gasteiger partial charge is 0.336 e.